The lowest BCUT2D eigenvalue weighted by molar-refractivity contribution is 0.639. The molecule has 1 unspecified atom stereocenters. The van der Waals surface area contributed by atoms with Crippen LogP contribution in [-0.2, 0) is 0 Å². The normalized spacial score (nSPS) is 12.5. The van der Waals surface area contributed by atoms with Crippen molar-refractivity contribution < 1.29 is 0 Å². The van der Waals surface area contributed by atoms with Gasteiger partial charge in [0, 0.05) is 11.6 Å². The van der Waals surface area contributed by atoms with E-state index in [-0.39, 0.29) is 6.04 Å². The van der Waals surface area contributed by atoms with Gasteiger partial charge in [0.25, 0.3) is 0 Å². The molecule has 3 N–H and O–H groups in total. The summed E-state index contributed by atoms with van der Waals surface area (Å²) in [6.45, 7) is 4.21. The number of hydrazine groups is 1. The van der Waals surface area contributed by atoms with Crippen molar-refractivity contribution in [3.05, 3.63) is 77.0 Å². The van der Waals surface area contributed by atoms with Crippen molar-refractivity contribution >= 4 is 10.9 Å². The number of nitrogens with two attached hydrogens (primary N) is 1. The van der Waals surface area contributed by atoms with Gasteiger partial charge in [-0.25, -0.2) is 5.43 Å². The molecule has 1 atom stereocenters. The third-order valence-corrected chi connectivity index (χ3v) is 3.74. The molecule has 0 aliphatic rings. The first-order valence-corrected chi connectivity index (χ1v) is 7.07. The Kier molecular flexibility index (Phi) is 3.69. The Balaban J connectivity index is 2.18. The monoisotopic (exact) mass is 277 g/mol. The number of pyridine rings is 1. The number of para-hydroxylation sites is 1. The summed E-state index contributed by atoms with van der Waals surface area (Å²) < 4.78 is 0. The van der Waals surface area contributed by atoms with Gasteiger partial charge in [0.05, 0.1) is 11.6 Å². The molecule has 0 fully saturated rings. The molecular formula is C18H19N3. The van der Waals surface area contributed by atoms with Gasteiger partial charge in [-0.15, -0.1) is 0 Å². The first kappa shape index (κ1) is 13.7. The molecule has 21 heavy (non-hydrogen) atoms. The Labute approximate surface area is 124 Å². The quantitative estimate of drug-likeness (QED) is 0.570. The molecule has 3 rings (SSSR count). The summed E-state index contributed by atoms with van der Waals surface area (Å²) in [5.74, 6) is 5.86. The van der Waals surface area contributed by atoms with Crippen molar-refractivity contribution in [2.45, 2.75) is 19.9 Å². The van der Waals surface area contributed by atoms with Crippen LogP contribution in [0.4, 0.5) is 0 Å². The zero-order chi connectivity index (χ0) is 14.8. The minimum atomic E-state index is -0.0449. The van der Waals surface area contributed by atoms with Gasteiger partial charge in [-0.05, 0) is 37.1 Å². The number of nitrogens with zero attached hydrogens (tertiary/aromatic N) is 1. The first-order chi connectivity index (χ1) is 10.2. The highest BCUT2D eigenvalue weighted by atomic mass is 15.2. The second-order valence-corrected chi connectivity index (χ2v) is 5.44. The molecule has 3 aromatic rings. The predicted molar refractivity (Wildman–Crippen MR) is 86.8 cm³/mol. The molecule has 2 aromatic carbocycles. The van der Waals surface area contributed by atoms with Crippen LogP contribution in [0, 0.1) is 13.8 Å². The van der Waals surface area contributed by atoms with E-state index in [1.807, 2.05) is 30.5 Å². The lowest BCUT2D eigenvalue weighted by atomic mass is 9.94. The van der Waals surface area contributed by atoms with Gasteiger partial charge < -0.3 is 0 Å². The van der Waals surface area contributed by atoms with E-state index in [9.17, 15) is 0 Å². The van der Waals surface area contributed by atoms with Crippen LogP contribution in [0.3, 0.4) is 0 Å². The zero-order valence-corrected chi connectivity index (χ0v) is 12.3. The van der Waals surface area contributed by atoms with E-state index in [0.29, 0.717) is 0 Å². The maximum Gasteiger partial charge on any atom is 0.0717 e. The van der Waals surface area contributed by atoms with Gasteiger partial charge in [-0.1, -0.05) is 47.5 Å². The number of hydrogen-bond acceptors (Lipinski definition) is 3. The summed E-state index contributed by atoms with van der Waals surface area (Å²) in [7, 11) is 0. The molecule has 3 heteroatoms. The summed E-state index contributed by atoms with van der Waals surface area (Å²) >= 11 is 0. The average Bonchev–Trinajstić information content (AvgIpc) is 2.47. The van der Waals surface area contributed by atoms with Crippen LogP contribution < -0.4 is 11.3 Å². The van der Waals surface area contributed by atoms with Gasteiger partial charge >= 0.3 is 0 Å². The van der Waals surface area contributed by atoms with Crippen LogP contribution in [0.25, 0.3) is 10.9 Å². The first-order valence-electron chi connectivity index (χ1n) is 7.07. The summed E-state index contributed by atoms with van der Waals surface area (Å²) in [6, 6.07) is 16.6. The van der Waals surface area contributed by atoms with Crippen molar-refractivity contribution in [1.82, 2.24) is 10.4 Å². The van der Waals surface area contributed by atoms with E-state index in [1.165, 1.54) is 16.7 Å². The smallest absolute Gasteiger partial charge is 0.0717 e. The third kappa shape index (κ3) is 2.66. The lowest BCUT2D eigenvalue weighted by Crippen LogP contribution is -2.29. The van der Waals surface area contributed by atoms with Crippen LogP contribution in [0.1, 0.15) is 28.3 Å². The third-order valence-electron chi connectivity index (χ3n) is 3.74. The topological polar surface area (TPSA) is 50.9 Å². The van der Waals surface area contributed by atoms with Gasteiger partial charge in [0.15, 0.2) is 0 Å². The minimum Gasteiger partial charge on any atom is -0.271 e. The zero-order valence-electron chi connectivity index (χ0n) is 12.3. The standard InChI is InChI=1S/C18H19N3/c1-12-9-13(2)11-14(10-12)18(21-19)16-7-8-20-17-6-4-3-5-15(16)17/h3-11,18,21H,19H2,1-2H3. The average molecular weight is 277 g/mol. The van der Waals surface area contributed by atoms with Crippen LogP contribution >= 0.6 is 0 Å². The molecule has 0 aliphatic heterocycles. The van der Waals surface area contributed by atoms with Crippen molar-refractivity contribution in [3.63, 3.8) is 0 Å². The Hall–Kier alpha value is -2.23. The second kappa shape index (κ2) is 5.64. The van der Waals surface area contributed by atoms with Crippen LogP contribution in [0.2, 0.25) is 0 Å². The Morgan fingerprint density at radius 2 is 1.71 bits per heavy atom. The van der Waals surface area contributed by atoms with Crippen molar-refractivity contribution in [2.24, 2.45) is 5.84 Å². The molecule has 0 saturated carbocycles. The summed E-state index contributed by atoms with van der Waals surface area (Å²) in [5, 5.41) is 1.13. The SMILES string of the molecule is Cc1cc(C)cc(C(NN)c2ccnc3ccccc23)c1. The molecule has 0 amide bonds. The summed E-state index contributed by atoms with van der Waals surface area (Å²) in [4.78, 5) is 4.42. The highest BCUT2D eigenvalue weighted by Crippen LogP contribution is 2.28. The van der Waals surface area contributed by atoms with Crippen LogP contribution in [-0.4, -0.2) is 4.98 Å². The summed E-state index contributed by atoms with van der Waals surface area (Å²) in [6.07, 6.45) is 1.84. The van der Waals surface area contributed by atoms with E-state index in [4.69, 9.17) is 5.84 Å². The maximum atomic E-state index is 5.86. The van der Waals surface area contributed by atoms with Crippen molar-refractivity contribution in [2.75, 3.05) is 0 Å². The number of aryl methyl sites for hydroxylation is 2. The van der Waals surface area contributed by atoms with Gasteiger partial charge in [0.1, 0.15) is 0 Å². The molecule has 0 aliphatic carbocycles. The fourth-order valence-corrected chi connectivity index (χ4v) is 2.91. The predicted octanol–water partition coefficient (Wildman–Crippen LogP) is 3.40. The van der Waals surface area contributed by atoms with E-state index in [2.05, 4.69) is 48.5 Å². The molecule has 0 bridgehead atoms. The largest absolute Gasteiger partial charge is 0.271 e. The maximum absolute atomic E-state index is 5.86. The van der Waals surface area contributed by atoms with Crippen molar-refractivity contribution in [1.29, 1.82) is 0 Å². The molecule has 0 saturated heterocycles. The Bertz CT molecular complexity index is 755. The van der Waals surface area contributed by atoms with E-state index in [0.717, 1.165) is 16.5 Å². The Morgan fingerprint density at radius 1 is 1.00 bits per heavy atom. The van der Waals surface area contributed by atoms with Crippen LogP contribution in [0.5, 0.6) is 0 Å². The number of hydrogen-bond donors (Lipinski definition) is 2. The minimum absolute atomic E-state index is 0.0449. The van der Waals surface area contributed by atoms with Crippen LogP contribution in [0.15, 0.2) is 54.7 Å². The molecule has 0 radical (unpaired) electrons. The fraction of sp³-hybridized carbons (Fsp3) is 0.167. The number of nitrogens with one attached hydrogen (secondary N) is 1. The molecular weight excluding hydrogens is 258 g/mol. The highest BCUT2D eigenvalue weighted by Gasteiger charge is 2.16. The number of aromatic nitrogens is 1. The highest BCUT2D eigenvalue weighted by molar-refractivity contribution is 5.82. The Morgan fingerprint density at radius 3 is 2.43 bits per heavy atom. The summed E-state index contributed by atoms with van der Waals surface area (Å²) in [5.41, 5.74) is 8.74. The van der Waals surface area contributed by atoms with Gasteiger partial charge in [0.2, 0.25) is 0 Å². The molecule has 0 spiro atoms. The number of rotatable bonds is 3. The van der Waals surface area contributed by atoms with E-state index >= 15 is 0 Å². The fourth-order valence-electron chi connectivity index (χ4n) is 2.91. The molecule has 3 nitrogen and oxygen atoms in total. The van der Waals surface area contributed by atoms with Gasteiger partial charge in [-0.2, -0.15) is 0 Å². The van der Waals surface area contributed by atoms with Gasteiger partial charge in [-0.3, -0.25) is 10.8 Å². The molecule has 106 valence electrons. The second-order valence-electron chi connectivity index (χ2n) is 5.44. The molecule has 1 aromatic heterocycles. The number of benzene rings is 2. The van der Waals surface area contributed by atoms with E-state index < -0.39 is 0 Å². The molecule has 1 heterocycles. The van der Waals surface area contributed by atoms with Crippen molar-refractivity contribution in [3.8, 4) is 0 Å². The van der Waals surface area contributed by atoms with E-state index in [1.54, 1.807) is 0 Å². The lowest BCUT2D eigenvalue weighted by Gasteiger charge is -2.19. The number of fused-ring (bicyclic) bond motifs is 1.